The molecule has 0 bridgehead atoms. The Labute approximate surface area is 138 Å². The Morgan fingerprint density at radius 2 is 1.57 bits per heavy atom. The highest BCUT2D eigenvalue weighted by molar-refractivity contribution is 9.11. The van der Waals surface area contributed by atoms with Crippen LogP contribution < -0.4 is 4.90 Å². The van der Waals surface area contributed by atoms with E-state index in [1.54, 1.807) is 42.5 Å². The molecular weight excluding hydrogens is 402 g/mol. The molecule has 0 saturated heterocycles. The van der Waals surface area contributed by atoms with Crippen LogP contribution in [0.4, 0.5) is 5.69 Å². The van der Waals surface area contributed by atoms with Gasteiger partial charge in [-0.3, -0.25) is 14.5 Å². The molecule has 0 aliphatic heterocycles. The number of carboxylic acid groups (broad SMARTS) is 1. The molecule has 0 aliphatic rings. The third-order valence-corrected chi connectivity index (χ3v) is 3.63. The van der Waals surface area contributed by atoms with Gasteiger partial charge >= 0.3 is 5.97 Å². The lowest BCUT2D eigenvalue weighted by atomic mass is 10.2. The first-order valence-corrected chi connectivity index (χ1v) is 7.61. The number of halogens is 2. The van der Waals surface area contributed by atoms with Crippen molar-refractivity contribution in [2.24, 2.45) is 0 Å². The van der Waals surface area contributed by atoms with Crippen LogP contribution in [0.5, 0.6) is 0 Å². The number of carbonyl (C=O) groups is 2. The van der Waals surface area contributed by atoms with Crippen molar-refractivity contribution in [1.29, 1.82) is 0 Å². The quantitative estimate of drug-likeness (QED) is 0.827. The van der Waals surface area contributed by atoms with Crippen molar-refractivity contribution in [2.75, 3.05) is 11.4 Å². The number of para-hydroxylation sites is 1. The maximum atomic E-state index is 12.6. The summed E-state index contributed by atoms with van der Waals surface area (Å²) in [4.78, 5) is 24.9. The highest BCUT2D eigenvalue weighted by Crippen LogP contribution is 2.23. The molecule has 0 atom stereocenters. The molecule has 0 heterocycles. The van der Waals surface area contributed by atoms with Gasteiger partial charge in [-0.2, -0.15) is 0 Å². The molecule has 2 rings (SSSR count). The van der Waals surface area contributed by atoms with Gasteiger partial charge < -0.3 is 5.11 Å². The number of carboxylic acids is 1. The van der Waals surface area contributed by atoms with Gasteiger partial charge in [-0.15, -0.1) is 0 Å². The summed E-state index contributed by atoms with van der Waals surface area (Å²) in [6, 6.07) is 13.9. The first kappa shape index (κ1) is 15.7. The third-order valence-electron chi connectivity index (χ3n) is 2.72. The Morgan fingerprint density at radius 3 is 2.10 bits per heavy atom. The Balaban J connectivity index is 2.41. The zero-order valence-electron chi connectivity index (χ0n) is 10.8. The molecule has 2 aromatic rings. The van der Waals surface area contributed by atoms with E-state index in [2.05, 4.69) is 31.9 Å². The summed E-state index contributed by atoms with van der Waals surface area (Å²) < 4.78 is 1.48. The lowest BCUT2D eigenvalue weighted by Gasteiger charge is -2.21. The van der Waals surface area contributed by atoms with Crippen LogP contribution in [0, 0.1) is 0 Å². The number of rotatable bonds is 4. The average Bonchev–Trinajstić information content (AvgIpc) is 2.44. The molecule has 4 nitrogen and oxygen atoms in total. The van der Waals surface area contributed by atoms with Crippen molar-refractivity contribution in [3.8, 4) is 0 Å². The van der Waals surface area contributed by atoms with Crippen molar-refractivity contribution in [3.05, 3.63) is 63.0 Å². The van der Waals surface area contributed by atoms with Gasteiger partial charge in [0.2, 0.25) is 0 Å². The van der Waals surface area contributed by atoms with E-state index in [1.165, 1.54) is 4.90 Å². The second kappa shape index (κ2) is 6.87. The summed E-state index contributed by atoms with van der Waals surface area (Å²) in [5.74, 6) is -1.44. The zero-order chi connectivity index (χ0) is 15.4. The first-order valence-electron chi connectivity index (χ1n) is 6.02. The normalized spacial score (nSPS) is 10.2. The summed E-state index contributed by atoms with van der Waals surface area (Å²) in [7, 11) is 0. The van der Waals surface area contributed by atoms with E-state index >= 15 is 0 Å². The molecule has 0 unspecified atom stereocenters. The van der Waals surface area contributed by atoms with E-state index in [-0.39, 0.29) is 5.91 Å². The van der Waals surface area contributed by atoms with Gasteiger partial charge in [0.25, 0.3) is 5.91 Å². The molecule has 0 fully saturated rings. The van der Waals surface area contributed by atoms with Gasteiger partial charge in [-0.05, 0) is 30.3 Å². The number of hydrogen-bond acceptors (Lipinski definition) is 2. The summed E-state index contributed by atoms with van der Waals surface area (Å²) in [6.07, 6.45) is 0. The van der Waals surface area contributed by atoms with Crippen LogP contribution in [-0.4, -0.2) is 23.5 Å². The number of aliphatic carboxylic acids is 1. The van der Waals surface area contributed by atoms with E-state index in [0.29, 0.717) is 11.3 Å². The number of anilines is 1. The van der Waals surface area contributed by atoms with Crippen LogP contribution in [-0.2, 0) is 4.79 Å². The molecule has 0 aromatic heterocycles. The fourth-order valence-corrected chi connectivity index (χ4v) is 3.15. The topological polar surface area (TPSA) is 57.6 Å². The smallest absolute Gasteiger partial charge is 0.323 e. The summed E-state index contributed by atoms with van der Waals surface area (Å²) >= 11 is 6.64. The predicted octanol–water partition coefficient (Wildman–Crippen LogP) is 3.94. The summed E-state index contributed by atoms with van der Waals surface area (Å²) in [6.45, 7) is -0.396. The highest BCUT2D eigenvalue weighted by Gasteiger charge is 2.20. The van der Waals surface area contributed by atoms with Gasteiger partial charge in [0.1, 0.15) is 6.54 Å². The minimum absolute atomic E-state index is 0.370. The van der Waals surface area contributed by atoms with Crippen LogP contribution >= 0.6 is 31.9 Å². The van der Waals surface area contributed by atoms with E-state index in [4.69, 9.17) is 5.11 Å². The minimum atomic E-state index is -1.07. The molecule has 0 spiro atoms. The molecule has 0 saturated carbocycles. The maximum Gasteiger partial charge on any atom is 0.323 e. The number of benzene rings is 2. The highest BCUT2D eigenvalue weighted by atomic mass is 79.9. The van der Waals surface area contributed by atoms with Crippen LogP contribution in [0.2, 0.25) is 0 Å². The van der Waals surface area contributed by atoms with E-state index < -0.39 is 12.5 Å². The van der Waals surface area contributed by atoms with E-state index in [9.17, 15) is 9.59 Å². The van der Waals surface area contributed by atoms with Gasteiger partial charge in [-0.25, -0.2) is 0 Å². The second-order valence-corrected chi connectivity index (χ2v) is 6.11. The standard InChI is InChI=1S/C15H11Br2NO3/c16-11-6-10(7-12(17)8-11)15(21)18(9-14(19)20)13-4-2-1-3-5-13/h1-8H,9H2,(H,19,20). The Morgan fingerprint density at radius 1 is 1.00 bits per heavy atom. The maximum absolute atomic E-state index is 12.6. The van der Waals surface area contributed by atoms with Gasteiger partial charge in [-0.1, -0.05) is 50.1 Å². The van der Waals surface area contributed by atoms with Crippen LogP contribution in [0.3, 0.4) is 0 Å². The second-order valence-electron chi connectivity index (χ2n) is 4.28. The van der Waals surface area contributed by atoms with Crippen molar-refractivity contribution in [2.45, 2.75) is 0 Å². The predicted molar refractivity (Wildman–Crippen MR) is 87.6 cm³/mol. The third kappa shape index (κ3) is 4.15. The molecular formula is C15H11Br2NO3. The number of carbonyl (C=O) groups excluding carboxylic acids is 1. The monoisotopic (exact) mass is 411 g/mol. The largest absolute Gasteiger partial charge is 0.480 e. The number of hydrogen-bond donors (Lipinski definition) is 1. The van der Waals surface area contributed by atoms with Gasteiger partial charge in [0.15, 0.2) is 0 Å². The zero-order valence-corrected chi connectivity index (χ0v) is 14.0. The Kier molecular flexibility index (Phi) is 5.14. The number of nitrogens with zero attached hydrogens (tertiary/aromatic N) is 1. The molecule has 2 aromatic carbocycles. The fourth-order valence-electron chi connectivity index (χ4n) is 1.86. The molecule has 21 heavy (non-hydrogen) atoms. The average molecular weight is 413 g/mol. The molecule has 0 aliphatic carbocycles. The lowest BCUT2D eigenvalue weighted by Crippen LogP contribution is -2.35. The molecule has 1 amide bonds. The van der Waals surface area contributed by atoms with Crippen LogP contribution in [0.1, 0.15) is 10.4 Å². The fraction of sp³-hybridized carbons (Fsp3) is 0.0667. The molecule has 0 radical (unpaired) electrons. The minimum Gasteiger partial charge on any atom is -0.480 e. The first-order chi connectivity index (χ1) is 9.97. The number of amides is 1. The molecule has 6 heteroatoms. The summed E-state index contributed by atoms with van der Waals surface area (Å²) in [5.41, 5.74) is 0.947. The lowest BCUT2D eigenvalue weighted by molar-refractivity contribution is -0.135. The van der Waals surface area contributed by atoms with Crippen molar-refractivity contribution in [3.63, 3.8) is 0 Å². The van der Waals surface area contributed by atoms with Crippen molar-refractivity contribution in [1.82, 2.24) is 0 Å². The summed E-state index contributed by atoms with van der Waals surface area (Å²) in [5, 5.41) is 9.04. The van der Waals surface area contributed by atoms with Crippen LogP contribution in [0.15, 0.2) is 57.5 Å². The Bertz CT molecular complexity index is 654. The van der Waals surface area contributed by atoms with Gasteiger partial charge in [0.05, 0.1) is 0 Å². The SMILES string of the molecule is O=C(O)CN(C(=O)c1cc(Br)cc(Br)c1)c1ccccc1. The van der Waals surface area contributed by atoms with E-state index in [1.807, 2.05) is 6.07 Å². The van der Waals surface area contributed by atoms with Crippen molar-refractivity contribution >= 4 is 49.4 Å². The van der Waals surface area contributed by atoms with E-state index in [0.717, 1.165) is 8.95 Å². The van der Waals surface area contributed by atoms with Gasteiger partial charge in [0, 0.05) is 20.2 Å². The molecule has 1 N–H and O–H groups in total. The van der Waals surface area contributed by atoms with Crippen LogP contribution in [0.25, 0.3) is 0 Å². The molecule has 108 valence electrons. The Hall–Kier alpha value is -1.66. The van der Waals surface area contributed by atoms with Crippen molar-refractivity contribution < 1.29 is 14.7 Å².